The van der Waals surface area contributed by atoms with Gasteiger partial charge in [-0.2, -0.15) is 5.26 Å². The van der Waals surface area contributed by atoms with Crippen LogP contribution in [0.15, 0.2) is 17.0 Å². The third kappa shape index (κ3) is 2.21. The van der Waals surface area contributed by atoms with Crippen molar-refractivity contribution in [2.75, 3.05) is 0 Å². The van der Waals surface area contributed by atoms with E-state index in [1.54, 1.807) is 6.07 Å². The first-order valence-corrected chi connectivity index (χ1v) is 5.27. The van der Waals surface area contributed by atoms with Crippen molar-refractivity contribution in [1.29, 1.82) is 5.26 Å². The van der Waals surface area contributed by atoms with E-state index in [-0.39, 0.29) is 5.75 Å². The van der Waals surface area contributed by atoms with E-state index in [0.717, 1.165) is 27.8 Å². The van der Waals surface area contributed by atoms with Crippen LogP contribution in [0.25, 0.3) is 0 Å². The Kier molecular flexibility index (Phi) is 3.43. The minimum absolute atomic E-state index is 0.272. The number of nitriles is 1. The molecule has 2 nitrogen and oxygen atoms in total. The molecule has 3 heteroatoms. The first-order chi connectivity index (χ1) is 6.56. The molecule has 0 radical (unpaired) electrons. The number of hydrogen-bond acceptors (Lipinski definition) is 3. The minimum atomic E-state index is 0.272. The first kappa shape index (κ1) is 10.9. The Labute approximate surface area is 88.6 Å². The topological polar surface area (TPSA) is 44.0 Å². The number of thiocyanates is 1. The normalized spacial score (nSPS) is 10.2. The summed E-state index contributed by atoms with van der Waals surface area (Å²) in [6, 6.07) is 3.73. The number of nitrogens with zero attached hydrogens (tertiary/aromatic N) is 1. The SMILES string of the molecule is Cc1c(O)cc(C(C)C)cc1SC#N. The molecule has 0 atom stereocenters. The van der Waals surface area contributed by atoms with Crippen LogP contribution in [0.5, 0.6) is 5.75 Å². The van der Waals surface area contributed by atoms with Gasteiger partial charge in [0.25, 0.3) is 0 Å². The fraction of sp³-hybridized carbons (Fsp3) is 0.364. The van der Waals surface area contributed by atoms with Gasteiger partial charge in [0.2, 0.25) is 0 Å². The average molecular weight is 207 g/mol. The van der Waals surface area contributed by atoms with Crippen molar-refractivity contribution in [3.05, 3.63) is 23.3 Å². The number of phenols is 1. The lowest BCUT2D eigenvalue weighted by Gasteiger charge is -2.10. The zero-order valence-electron chi connectivity index (χ0n) is 8.53. The molecule has 1 rings (SSSR count). The Morgan fingerprint density at radius 3 is 2.57 bits per heavy atom. The standard InChI is InChI=1S/C11H13NOS/c1-7(2)9-4-10(13)8(3)11(5-9)14-6-12/h4-5,7,13H,1-3H3. The lowest BCUT2D eigenvalue weighted by Crippen LogP contribution is -1.90. The zero-order valence-corrected chi connectivity index (χ0v) is 9.35. The summed E-state index contributed by atoms with van der Waals surface area (Å²) in [5.41, 5.74) is 1.84. The van der Waals surface area contributed by atoms with Crippen molar-refractivity contribution in [1.82, 2.24) is 0 Å². The predicted octanol–water partition coefficient (Wildman–Crippen LogP) is 3.40. The second kappa shape index (κ2) is 4.39. The van der Waals surface area contributed by atoms with Crippen LogP contribution in [0.2, 0.25) is 0 Å². The van der Waals surface area contributed by atoms with Crippen molar-refractivity contribution < 1.29 is 5.11 Å². The van der Waals surface area contributed by atoms with Gasteiger partial charge >= 0.3 is 0 Å². The summed E-state index contributed by atoms with van der Waals surface area (Å²) >= 11 is 1.09. The van der Waals surface area contributed by atoms with E-state index < -0.39 is 0 Å². The summed E-state index contributed by atoms with van der Waals surface area (Å²) < 4.78 is 0. The first-order valence-electron chi connectivity index (χ1n) is 4.45. The smallest absolute Gasteiger partial charge is 0.138 e. The molecule has 0 aliphatic heterocycles. The van der Waals surface area contributed by atoms with Crippen molar-refractivity contribution in [2.24, 2.45) is 0 Å². The van der Waals surface area contributed by atoms with Crippen LogP contribution in [0.3, 0.4) is 0 Å². The summed E-state index contributed by atoms with van der Waals surface area (Å²) in [5.74, 6) is 0.633. The van der Waals surface area contributed by atoms with Gasteiger partial charge in [-0.15, -0.1) is 0 Å². The van der Waals surface area contributed by atoms with E-state index in [1.165, 1.54) is 0 Å². The molecule has 0 aliphatic carbocycles. The Hall–Kier alpha value is -1.14. The van der Waals surface area contributed by atoms with Gasteiger partial charge < -0.3 is 5.11 Å². The molecule has 14 heavy (non-hydrogen) atoms. The van der Waals surface area contributed by atoms with Crippen LogP contribution in [-0.2, 0) is 0 Å². The van der Waals surface area contributed by atoms with E-state index in [2.05, 4.69) is 13.8 Å². The average Bonchev–Trinajstić information content (AvgIpc) is 2.12. The maximum atomic E-state index is 9.63. The van der Waals surface area contributed by atoms with E-state index in [0.29, 0.717) is 5.92 Å². The lowest BCUT2D eigenvalue weighted by molar-refractivity contribution is 0.468. The molecule has 0 spiro atoms. The van der Waals surface area contributed by atoms with E-state index in [9.17, 15) is 5.11 Å². The van der Waals surface area contributed by atoms with Crippen LogP contribution in [0.4, 0.5) is 0 Å². The molecule has 0 amide bonds. The van der Waals surface area contributed by atoms with Crippen molar-refractivity contribution in [3.63, 3.8) is 0 Å². The Bertz CT molecular complexity index is 380. The van der Waals surface area contributed by atoms with Crippen molar-refractivity contribution in [3.8, 4) is 11.2 Å². The van der Waals surface area contributed by atoms with Gasteiger partial charge in [0.15, 0.2) is 0 Å². The number of rotatable bonds is 2. The van der Waals surface area contributed by atoms with E-state index in [1.807, 2.05) is 18.4 Å². The molecule has 0 unspecified atom stereocenters. The summed E-state index contributed by atoms with van der Waals surface area (Å²) in [6.07, 6.45) is 0. The van der Waals surface area contributed by atoms with Gasteiger partial charge in [-0.3, -0.25) is 0 Å². The molecule has 0 saturated heterocycles. The zero-order chi connectivity index (χ0) is 10.7. The maximum Gasteiger partial charge on any atom is 0.138 e. The molecular weight excluding hydrogens is 194 g/mol. The minimum Gasteiger partial charge on any atom is -0.508 e. The molecule has 0 aromatic heterocycles. The molecule has 74 valence electrons. The van der Waals surface area contributed by atoms with E-state index >= 15 is 0 Å². The highest BCUT2D eigenvalue weighted by molar-refractivity contribution is 8.03. The molecule has 1 aromatic carbocycles. The van der Waals surface area contributed by atoms with Gasteiger partial charge in [0, 0.05) is 10.5 Å². The van der Waals surface area contributed by atoms with Gasteiger partial charge in [-0.1, -0.05) is 13.8 Å². The molecule has 0 aliphatic rings. The van der Waals surface area contributed by atoms with Crippen molar-refractivity contribution in [2.45, 2.75) is 31.6 Å². The monoisotopic (exact) mass is 207 g/mol. The van der Waals surface area contributed by atoms with Gasteiger partial charge in [0.1, 0.15) is 11.2 Å². The molecular formula is C11H13NOS. The van der Waals surface area contributed by atoms with Crippen LogP contribution < -0.4 is 0 Å². The summed E-state index contributed by atoms with van der Waals surface area (Å²) in [4.78, 5) is 0.844. The molecule has 0 saturated carbocycles. The molecule has 1 aromatic rings. The van der Waals surface area contributed by atoms with Crippen LogP contribution >= 0.6 is 11.8 Å². The molecule has 0 bridgehead atoms. The Morgan fingerprint density at radius 1 is 1.43 bits per heavy atom. The number of thioether (sulfide) groups is 1. The fourth-order valence-electron chi connectivity index (χ4n) is 1.18. The second-order valence-corrected chi connectivity index (χ2v) is 4.34. The van der Waals surface area contributed by atoms with Crippen LogP contribution in [-0.4, -0.2) is 5.11 Å². The van der Waals surface area contributed by atoms with Crippen LogP contribution in [0.1, 0.15) is 30.9 Å². The maximum absolute atomic E-state index is 9.63. The van der Waals surface area contributed by atoms with Gasteiger partial charge in [-0.25, -0.2) is 0 Å². The third-order valence-electron chi connectivity index (χ3n) is 2.18. The second-order valence-electron chi connectivity index (χ2n) is 3.51. The molecule has 1 N–H and O–H groups in total. The number of benzene rings is 1. The Morgan fingerprint density at radius 2 is 2.07 bits per heavy atom. The summed E-state index contributed by atoms with van der Waals surface area (Å²) in [5, 5.41) is 20.3. The van der Waals surface area contributed by atoms with Gasteiger partial charge in [-0.05, 0) is 42.3 Å². The predicted molar refractivity (Wildman–Crippen MR) is 58.4 cm³/mol. The third-order valence-corrected chi connectivity index (χ3v) is 2.91. The number of hydrogen-bond donors (Lipinski definition) is 1. The Balaban J connectivity index is 3.22. The van der Waals surface area contributed by atoms with Gasteiger partial charge in [0.05, 0.1) is 0 Å². The summed E-state index contributed by atoms with van der Waals surface area (Å²) in [6.45, 7) is 5.94. The lowest BCUT2D eigenvalue weighted by atomic mass is 10.0. The number of aromatic hydroxyl groups is 1. The largest absolute Gasteiger partial charge is 0.508 e. The highest BCUT2D eigenvalue weighted by Crippen LogP contribution is 2.32. The van der Waals surface area contributed by atoms with Crippen LogP contribution in [0, 0.1) is 17.6 Å². The highest BCUT2D eigenvalue weighted by atomic mass is 32.2. The van der Waals surface area contributed by atoms with E-state index in [4.69, 9.17) is 5.26 Å². The quantitative estimate of drug-likeness (QED) is 0.597. The van der Waals surface area contributed by atoms with Crippen molar-refractivity contribution >= 4 is 11.8 Å². The highest BCUT2D eigenvalue weighted by Gasteiger charge is 2.08. The molecule has 0 heterocycles. The fourth-order valence-corrected chi connectivity index (χ4v) is 1.73. The molecule has 0 fully saturated rings. The summed E-state index contributed by atoms with van der Waals surface area (Å²) in [7, 11) is 0. The number of phenolic OH excluding ortho intramolecular Hbond substituents is 1.